The highest BCUT2D eigenvalue weighted by Crippen LogP contribution is 2.49. The monoisotopic (exact) mass is 413 g/mol. The second-order valence-electron chi connectivity index (χ2n) is 5.94. The number of para-hydroxylation sites is 1. The van der Waals surface area contributed by atoms with Crippen LogP contribution in [-0.2, 0) is 4.79 Å². The second-order valence-corrected chi connectivity index (χ2v) is 8.38. The third kappa shape index (κ3) is 3.40. The predicted octanol–water partition coefficient (Wildman–Crippen LogP) is 5.50. The highest BCUT2D eigenvalue weighted by molar-refractivity contribution is 8.19. The topological polar surface area (TPSA) is 35.9 Å². The van der Waals surface area contributed by atoms with Crippen LogP contribution in [0.2, 0.25) is 5.02 Å². The van der Waals surface area contributed by atoms with Crippen LogP contribution in [0.15, 0.2) is 81.0 Å². The van der Waals surface area contributed by atoms with Crippen LogP contribution in [0.1, 0.15) is 0 Å². The van der Waals surface area contributed by atoms with Gasteiger partial charge in [0.05, 0.1) is 16.4 Å². The minimum absolute atomic E-state index is 0.0465. The van der Waals surface area contributed by atoms with Crippen molar-refractivity contribution in [3.8, 4) is 0 Å². The third-order valence-corrected chi connectivity index (χ3v) is 6.84. The molecular formula is C20H16ClN3OS2. The minimum Gasteiger partial charge on any atom is -0.337 e. The zero-order chi connectivity index (χ0) is 19.0. The lowest BCUT2D eigenvalue weighted by molar-refractivity contribution is -0.121. The molecule has 2 aromatic carbocycles. The van der Waals surface area contributed by atoms with Crippen molar-refractivity contribution in [1.29, 1.82) is 0 Å². The molecule has 2 aliphatic rings. The van der Waals surface area contributed by atoms with E-state index in [4.69, 9.17) is 11.6 Å². The summed E-state index contributed by atoms with van der Waals surface area (Å²) in [4.78, 5) is 23.3. The Balaban J connectivity index is 1.73. The molecule has 0 atom stereocenters. The number of halogens is 1. The molecule has 2 aliphatic heterocycles. The molecule has 4 rings (SSSR count). The largest absolute Gasteiger partial charge is 0.337 e. The molecule has 27 heavy (non-hydrogen) atoms. The van der Waals surface area contributed by atoms with E-state index in [0.717, 1.165) is 21.3 Å². The third-order valence-electron chi connectivity index (χ3n) is 4.16. The van der Waals surface area contributed by atoms with Crippen LogP contribution in [0.5, 0.6) is 0 Å². The summed E-state index contributed by atoms with van der Waals surface area (Å²) in [5.74, 6) is -0.0465. The minimum atomic E-state index is -0.0465. The van der Waals surface area contributed by atoms with Crippen LogP contribution in [-0.4, -0.2) is 29.6 Å². The average Bonchev–Trinajstić information content (AvgIpc) is 3.16. The van der Waals surface area contributed by atoms with E-state index in [9.17, 15) is 4.79 Å². The fourth-order valence-electron chi connectivity index (χ4n) is 2.84. The lowest BCUT2D eigenvalue weighted by Crippen LogP contribution is -2.29. The molecule has 0 bridgehead atoms. The van der Waals surface area contributed by atoms with Gasteiger partial charge in [-0.1, -0.05) is 41.6 Å². The highest BCUT2D eigenvalue weighted by Gasteiger charge is 2.38. The first-order chi connectivity index (χ1) is 13.1. The SMILES string of the molecule is C=CCN1C(=O)/C(=C2/Sc3ccccc3N2C)SC1=Nc1ccc(Cl)cc1. The van der Waals surface area contributed by atoms with E-state index < -0.39 is 0 Å². The number of nitrogens with zero attached hydrogens (tertiary/aromatic N) is 3. The fourth-order valence-corrected chi connectivity index (χ4v) is 5.31. The first kappa shape index (κ1) is 18.2. The molecule has 1 saturated heterocycles. The molecule has 7 heteroatoms. The molecule has 4 nitrogen and oxygen atoms in total. The van der Waals surface area contributed by atoms with Crippen molar-refractivity contribution in [3.63, 3.8) is 0 Å². The van der Waals surface area contributed by atoms with E-state index in [2.05, 4.69) is 28.6 Å². The molecule has 0 spiro atoms. The van der Waals surface area contributed by atoms with Gasteiger partial charge < -0.3 is 4.90 Å². The number of benzene rings is 2. The average molecular weight is 414 g/mol. The number of rotatable bonds is 3. The van der Waals surface area contributed by atoms with Crippen molar-refractivity contribution in [1.82, 2.24) is 4.90 Å². The quantitative estimate of drug-likeness (QED) is 0.491. The zero-order valence-electron chi connectivity index (χ0n) is 14.6. The Morgan fingerprint density at radius 1 is 1.15 bits per heavy atom. The number of carbonyl (C=O) groups excluding carboxylic acids is 1. The lowest BCUT2D eigenvalue weighted by atomic mass is 10.3. The van der Waals surface area contributed by atoms with Gasteiger partial charge >= 0.3 is 0 Å². The number of carbonyl (C=O) groups is 1. The molecule has 0 N–H and O–H groups in total. The Hall–Kier alpha value is -2.15. The van der Waals surface area contributed by atoms with Crippen LogP contribution in [0.3, 0.4) is 0 Å². The summed E-state index contributed by atoms with van der Waals surface area (Å²) >= 11 is 8.97. The molecule has 0 unspecified atom stereocenters. The Bertz CT molecular complexity index is 985. The van der Waals surface area contributed by atoms with E-state index >= 15 is 0 Å². The molecule has 2 heterocycles. The van der Waals surface area contributed by atoms with E-state index in [1.807, 2.05) is 31.3 Å². The second kappa shape index (κ2) is 7.46. The molecule has 1 amide bonds. The smallest absolute Gasteiger partial charge is 0.269 e. The van der Waals surface area contributed by atoms with Gasteiger partial charge in [0.15, 0.2) is 5.17 Å². The summed E-state index contributed by atoms with van der Waals surface area (Å²) in [7, 11) is 1.99. The van der Waals surface area contributed by atoms with Crippen molar-refractivity contribution in [3.05, 3.63) is 76.1 Å². The summed E-state index contributed by atoms with van der Waals surface area (Å²) in [6.45, 7) is 4.19. The molecule has 2 aromatic rings. The van der Waals surface area contributed by atoms with Crippen molar-refractivity contribution < 1.29 is 4.79 Å². The lowest BCUT2D eigenvalue weighted by Gasteiger charge is -2.15. The Morgan fingerprint density at radius 2 is 1.89 bits per heavy atom. The summed E-state index contributed by atoms with van der Waals surface area (Å²) in [6.07, 6.45) is 1.71. The van der Waals surface area contributed by atoms with Crippen LogP contribution < -0.4 is 4.90 Å². The van der Waals surface area contributed by atoms with Crippen LogP contribution >= 0.6 is 35.1 Å². The molecule has 0 radical (unpaired) electrons. The molecule has 0 aliphatic carbocycles. The van der Waals surface area contributed by atoms with Crippen molar-refractivity contribution in [2.45, 2.75) is 4.90 Å². The van der Waals surface area contributed by atoms with Crippen LogP contribution in [0.25, 0.3) is 0 Å². The maximum absolute atomic E-state index is 13.1. The number of hydrogen-bond acceptors (Lipinski definition) is 5. The maximum atomic E-state index is 13.1. The van der Waals surface area contributed by atoms with Crippen molar-refractivity contribution in [2.24, 2.45) is 4.99 Å². The number of thioether (sulfide) groups is 2. The van der Waals surface area contributed by atoms with Gasteiger partial charge in [0, 0.05) is 23.5 Å². The number of amidine groups is 1. The van der Waals surface area contributed by atoms with Crippen LogP contribution in [0, 0.1) is 0 Å². The normalized spacial score (nSPS) is 20.5. The fraction of sp³-hybridized carbons (Fsp3) is 0.100. The zero-order valence-corrected chi connectivity index (χ0v) is 16.9. The number of amides is 1. The van der Waals surface area contributed by atoms with E-state index in [1.54, 1.807) is 34.9 Å². The van der Waals surface area contributed by atoms with Gasteiger partial charge in [-0.3, -0.25) is 9.69 Å². The van der Waals surface area contributed by atoms with Gasteiger partial charge in [0.1, 0.15) is 4.91 Å². The van der Waals surface area contributed by atoms with Crippen molar-refractivity contribution >= 4 is 57.6 Å². The van der Waals surface area contributed by atoms with Gasteiger partial charge in [0.2, 0.25) is 0 Å². The summed E-state index contributed by atoms with van der Waals surface area (Å²) in [5, 5.41) is 2.23. The summed E-state index contributed by atoms with van der Waals surface area (Å²) in [6, 6.07) is 15.4. The summed E-state index contributed by atoms with van der Waals surface area (Å²) < 4.78 is 0. The number of aliphatic imine (C=N–C) groups is 1. The maximum Gasteiger partial charge on any atom is 0.269 e. The first-order valence-electron chi connectivity index (χ1n) is 8.28. The summed E-state index contributed by atoms with van der Waals surface area (Å²) in [5.41, 5.74) is 1.86. The molecule has 0 saturated carbocycles. The molecule has 0 aromatic heterocycles. The molecule has 136 valence electrons. The Labute approximate surface area is 171 Å². The van der Waals surface area contributed by atoms with E-state index in [0.29, 0.717) is 21.6 Å². The Kier molecular flexibility index (Phi) is 5.04. The van der Waals surface area contributed by atoms with E-state index in [1.165, 1.54) is 11.8 Å². The van der Waals surface area contributed by atoms with Gasteiger partial charge in [0.25, 0.3) is 5.91 Å². The van der Waals surface area contributed by atoms with Crippen molar-refractivity contribution in [2.75, 3.05) is 18.5 Å². The first-order valence-corrected chi connectivity index (χ1v) is 10.3. The molecular weight excluding hydrogens is 398 g/mol. The molecule has 1 fully saturated rings. The Morgan fingerprint density at radius 3 is 2.59 bits per heavy atom. The number of anilines is 1. The highest BCUT2D eigenvalue weighted by atomic mass is 35.5. The van der Waals surface area contributed by atoms with Gasteiger partial charge in [-0.2, -0.15) is 0 Å². The predicted molar refractivity (Wildman–Crippen MR) is 116 cm³/mol. The standard InChI is InChI=1S/C20H16ClN3OS2/c1-3-12-24-18(25)17(19-23(2)15-6-4-5-7-16(15)26-19)27-20(24)22-14-10-8-13(21)9-11-14/h3-11H,1,12H2,2H3/b19-17-,22-20?. The number of hydrogen-bond donors (Lipinski definition) is 0. The van der Waals surface area contributed by atoms with Gasteiger partial charge in [-0.25, -0.2) is 4.99 Å². The van der Waals surface area contributed by atoms with E-state index in [-0.39, 0.29) is 5.91 Å². The van der Waals surface area contributed by atoms with Gasteiger partial charge in [-0.15, -0.1) is 6.58 Å². The number of fused-ring (bicyclic) bond motifs is 1. The van der Waals surface area contributed by atoms with Crippen LogP contribution in [0.4, 0.5) is 11.4 Å². The van der Waals surface area contributed by atoms with Gasteiger partial charge in [-0.05, 0) is 48.2 Å².